The number of anilines is 1. The number of thioether (sulfide) groups is 1. The zero-order valence-electron chi connectivity index (χ0n) is 37.1. The zero-order chi connectivity index (χ0) is 46.5. The van der Waals surface area contributed by atoms with Gasteiger partial charge < -0.3 is 34.5 Å². The van der Waals surface area contributed by atoms with E-state index in [4.69, 9.17) is 18.9 Å². The molecular weight excluding hydrogens is 851 g/mol. The topological polar surface area (TPSA) is 174 Å². The van der Waals surface area contributed by atoms with Crippen LogP contribution in [0.4, 0.5) is 15.3 Å². The summed E-state index contributed by atoms with van der Waals surface area (Å²) >= 11 is 1.37. The van der Waals surface area contributed by atoms with E-state index in [1.54, 1.807) is 87.7 Å². The summed E-state index contributed by atoms with van der Waals surface area (Å²) in [6.07, 6.45) is 3.21. The molecule has 4 amide bonds. The highest BCUT2D eigenvalue weighted by Gasteiger charge is 2.55. The molecule has 7 rings (SSSR count). The van der Waals surface area contributed by atoms with E-state index in [1.807, 2.05) is 72.8 Å². The minimum atomic E-state index is -0.933. The maximum absolute atomic E-state index is 14.5. The molecule has 0 saturated carbocycles. The second kappa shape index (κ2) is 19.4. The van der Waals surface area contributed by atoms with E-state index in [-0.39, 0.29) is 35.6 Å². The molecule has 16 heteroatoms. The summed E-state index contributed by atoms with van der Waals surface area (Å²) in [4.78, 5) is 83.1. The van der Waals surface area contributed by atoms with Crippen molar-refractivity contribution in [3.8, 4) is 5.75 Å². The Labute approximate surface area is 381 Å². The molecule has 65 heavy (non-hydrogen) atoms. The Morgan fingerprint density at radius 3 is 2.12 bits per heavy atom. The van der Waals surface area contributed by atoms with Crippen molar-refractivity contribution in [2.24, 2.45) is 0 Å². The Morgan fingerprint density at radius 1 is 0.846 bits per heavy atom. The predicted molar refractivity (Wildman–Crippen MR) is 241 cm³/mol. The van der Waals surface area contributed by atoms with Crippen LogP contribution in [0.25, 0.3) is 0 Å². The first kappa shape index (κ1) is 46.1. The van der Waals surface area contributed by atoms with Crippen LogP contribution >= 0.6 is 11.8 Å². The Hall–Kier alpha value is -6.94. The number of hydrogen-bond acceptors (Lipinski definition) is 11. The number of allylic oxidation sites excluding steroid dienone is 1. The van der Waals surface area contributed by atoms with Gasteiger partial charge in [0.2, 0.25) is 12.5 Å². The quantitative estimate of drug-likeness (QED) is 0.0375. The highest BCUT2D eigenvalue weighted by atomic mass is 32.2. The van der Waals surface area contributed by atoms with Gasteiger partial charge >= 0.3 is 18.2 Å². The van der Waals surface area contributed by atoms with Gasteiger partial charge in [0.05, 0.1) is 0 Å². The number of β-lactam (4-membered cyclic amide) rings is 1. The highest BCUT2D eigenvalue weighted by Crippen LogP contribution is 2.43. The van der Waals surface area contributed by atoms with Crippen molar-refractivity contribution in [3.63, 3.8) is 0 Å². The molecule has 3 aliphatic rings. The molecule has 2 fully saturated rings. The molecule has 1 aromatic heterocycles. The second-order valence-electron chi connectivity index (χ2n) is 17.7. The van der Waals surface area contributed by atoms with Crippen molar-refractivity contribution in [1.82, 2.24) is 15.1 Å². The lowest BCUT2D eigenvalue weighted by molar-refractivity contribution is -0.684. The maximum Gasteiger partial charge on any atom is 0.514 e. The van der Waals surface area contributed by atoms with Gasteiger partial charge in [-0.1, -0.05) is 66.7 Å². The van der Waals surface area contributed by atoms with Gasteiger partial charge in [0.1, 0.15) is 34.1 Å². The van der Waals surface area contributed by atoms with Gasteiger partial charge in [-0.25, -0.2) is 14.4 Å². The first-order valence-corrected chi connectivity index (χ1v) is 22.2. The summed E-state index contributed by atoms with van der Waals surface area (Å²) in [7, 11) is 0. The third-order valence-electron chi connectivity index (χ3n) is 10.2. The summed E-state index contributed by atoms with van der Waals surface area (Å²) in [5.74, 6) is -1.27. The lowest BCUT2D eigenvalue weighted by Gasteiger charge is -2.49. The number of esters is 1. The van der Waals surface area contributed by atoms with Crippen molar-refractivity contribution < 1.29 is 52.3 Å². The van der Waals surface area contributed by atoms with Gasteiger partial charge in [0.25, 0.3) is 11.8 Å². The standard InChI is InChI=1S/C49H51N5O10S/c1-48(2,3)63-46(59)51-39-43(57)54-40(45(58)62-41(32-14-9-7-10-15-32)33-16-11-8-12-17-33)35(30-65-44(39)54)26-34-22-25-53(42(34)56)28-31-20-23-52(24-21-31)29-38(55)50-36-18-13-19-37(27-36)61-47(60)64-49(4,5)6/h7-21,23-24,26-27,39,41,44H,22,25,28-30H2,1-6H3,(H-,50,51,55,59)/p+1/b34-26+/t39-,44-/m1/s1. The third kappa shape index (κ3) is 11.8. The fraction of sp³-hybridized carbons (Fsp3) is 0.327. The fourth-order valence-electron chi connectivity index (χ4n) is 7.38. The van der Waals surface area contributed by atoms with Crippen molar-refractivity contribution in [2.75, 3.05) is 17.6 Å². The van der Waals surface area contributed by atoms with Gasteiger partial charge in [0.15, 0.2) is 18.5 Å². The van der Waals surface area contributed by atoms with E-state index in [9.17, 15) is 28.8 Å². The third-order valence-corrected chi connectivity index (χ3v) is 11.5. The van der Waals surface area contributed by atoms with Crippen LogP contribution < -0.4 is 19.9 Å². The molecule has 0 unspecified atom stereocenters. The van der Waals surface area contributed by atoms with E-state index >= 15 is 0 Å². The molecule has 2 N–H and O–H groups in total. The van der Waals surface area contributed by atoms with Crippen LogP contribution in [-0.2, 0) is 46.5 Å². The molecule has 0 bridgehead atoms. The Morgan fingerprint density at radius 2 is 1.49 bits per heavy atom. The van der Waals surface area contributed by atoms with Gasteiger partial charge in [-0.3, -0.25) is 19.3 Å². The normalized spacial score (nSPS) is 17.9. The number of nitrogens with zero attached hydrogens (tertiary/aromatic N) is 3. The SMILES string of the molecule is CC(C)(C)OC(=O)N[C@@H]1C(=O)N2C(C(=O)OC(c3ccccc3)c3ccccc3)=C(/C=C3\CCN(Cc4cc[n+](CC(=O)Nc5cccc(OC(=O)OC(C)(C)C)c5)cc4)C3=O)CS[C@H]12. The number of carbonyl (C=O) groups is 6. The Balaban J connectivity index is 1.04. The predicted octanol–water partition coefficient (Wildman–Crippen LogP) is 6.98. The summed E-state index contributed by atoms with van der Waals surface area (Å²) in [6.45, 7) is 11.1. The van der Waals surface area contributed by atoms with Crippen LogP contribution in [0.5, 0.6) is 5.75 Å². The number of rotatable bonds is 12. The van der Waals surface area contributed by atoms with Crippen molar-refractivity contribution in [3.05, 3.63) is 149 Å². The lowest BCUT2D eigenvalue weighted by atomic mass is 10.00. The number of fused-ring (bicyclic) bond motifs is 1. The molecule has 338 valence electrons. The molecule has 4 heterocycles. The monoisotopic (exact) mass is 902 g/mol. The molecule has 0 spiro atoms. The lowest BCUT2D eigenvalue weighted by Crippen LogP contribution is -2.70. The molecule has 0 radical (unpaired) electrons. The Bertz CT molecular complexity index is 2480. The van der Waals surface area contributed by atoms with Crippen LogP contribution in [0.3, 0.4) is 0 Å². The summed E-state index contributed by atoms with van der Waals surface area (Å²) in [6, 6.07) is 27.8. The number of ether oxygens (including phenoxy) is 4. The van der Waals surface area contributed by atoms with E-state index < -0.39 is 52.8 Å². The van der Waals surface area contributed by atoms with Crippen LogP contribution in [0.2, 0.25) is 0 Å². The van der Waals surface area contributed by atoms with E-state index in [2.05, 4.69) is 10.6 Å². The van der Waals surface area contributed by atoms with E-state index in [0.717, 1.165) is 16.7 Å². The van der Waals surface area contributed by atoms with Crippen molar-refractivity contribution >= 4 is 53.4 Å². The molecule has 2 saturated heterocycles. The highest BCUT2D eigenvalue weighted by molar-refractivity contribution is 8.00. The number of nitrogens with one attached hydrogen (secondary N) is 2. The summed E-state index contributed by atoms with van der Waals surface area (Å²) in [5, 5.41) is 4.87. The maximum atomic E-state index is 14.5. The zero-order valence-corrected chi connectivity index (χ0v) is 37.9. The molecule has 0 aliphatic carbocycles. The number of pyridine rings is 1. The number of alkyl carbamates (subject to hydrolysis) is 1. The molecule has 4 aromatic rings. The van der Waals surface area contributed by atoms with Crippen LogP contribution in [0.15, 0.2) is 132 Å². The van der Waals surface area contributed by atoms with Gasteiger partial charge in [-0.05, 0) is 88.4 Å². The number of carbonyl (C=O) groups excluding carboxylic acids is 6. The van der Waals surface area contributed by atoms with E-state index in [0.29, 0.717) is 36.3 Å². The van der Waals surface area contributed by atoms with Crippen molar-refractivity contribution in [1.29, 1.82) is 0 Å². The molecular formula is C49H52N5O10S+. The van der Waals surface area contributed by atoms with Gasteiger partial charge in [-0.2, -0.15) is 4.57 Å². The first-order valence-electron chi connectivity index (χ1n) is 21.2. The second-order valence-corrected chi connectivity index (χ2v) is 18.8. The molecule has 3 aromatic carbocycles. The van der Waals surface area contributed by atoms with Crippen LogP contribution in [0, 0.1) is 0 Å². The fourth-order valence-corrected chi connectivity index (χ4v) is 8.68. The number of hydrogen-bond donors (Lipinski definition) is 2. The number of amides is 4. The Kier molecular flexibility index (Phi) is 13.8. The van der Waals surface area contributed by atoms with E-state index in [1.165, 1.54) is 22.7 Å². The minimum absolute atomic E-state index is 0.000483. The minimum Gasteiger partial charge on any atom is -0.448 e. The molecule has 3 aliphatic heterocycles. The van der Waals surface area contributed by atoms with Crippen LogP contribution in [0.1, 0.15) is 70.8 Å². The smallest absolute Gasteiger partial charge is 0.448 e. The average Bonchev–Trinajstić information content (AvgIpc) is 3.58. The first-order chi connectivity index (χ1) is 30.9. The molecule has 2 atom stereocenters. The summed E-state index contributed by atoms with van der Waals surface area (Å²) < 4.78 is 23.8. The summed E-state index contributed by atoms with van der Waals surface area (Å²) in [5.41, 5.74) is 2.22. The van der Waals surface area contributed by atoms with Crippen LogP contribution in [-0.4, -0.2) is 80.7 Å². The number of aromatic nitrogens is 1. The number of likely N-dealkylation sites (tertiary alicyclic amines) is 1. The number of benzene rings is 3. The largest absolute Gasteiger partial charge is 0.514 e. The average molecular weight is 903 g/mol. The van der Waals surface area contributed by atoms with Gasteiger partial charge in [0, 0.05) is 48.3 Å². The van der Waals surface area contributed by atoms with Crippen molar-refractivity contribution in [2.45, 2.75) is 89.8 Å². The van der Waals surface area contributed by atoms with Gasteiger partial charge in [-0.15, -0.1) is 11.8 Å². The molecule has 15 nitrogen and oxygen atoms in total.